The normalized spacial score (nSPS) is 17.0. The van der Waals surface area contributed by atoms with E-state index < -0.39 is 46.9 Å². The van der Waals surface area contributed by atoms with E-state index in [1.54, 1.807) is 0 Å². The Balaban J connectivity index is 1.26. The standard InChI is InChI=1S/C37H34F8O/c1-2-3-4-5-22-6-8-24(9-7-22)27-20-33(40)35(34(41)21-27)37(44,45)46-28-14-10-23(11-15-28)25-12-16-29(31(38)18-25)26-13-17-30(36(42)43)32(39)19-26/h10-22,24,36H,2-9H2,1H3. The van der Waals surface area contributed by atoms with Gasteiger partial charge < -0.3 is 4.74 Å². The summed E-state index contributed by atoms with van der Waals surface area (Å²) >= 11 is 0. The molecular formula is C37H34F8O. The third kappa shape index (κ3) is 7.56. The highest BCUT2D eigenvalue weighted by Crippen LogP contribution is 2.41. The minimum absolute atomic E-state index is 0.0202. The highest BCUT2D eigenvalue weighted by molar-refractivity contribution is 5.71. The first-order valence-electron chi connectivity index (χ1n) is 15.5. The molecule has 1 nitrogen and oxygen atoms in total. The smallest absolute Gasteiger partial charge is 0.429 e. The Morgan fingerprint density at radius 1 is 0.696 bits per heavy atom. The maximum absolute atomic E-state index is 15.1. The van der Waals surface area contributed by atoms with E-state index in [2.05, 4.69) is 6.92 Å². The van der Waals surface area contributed by atoms with Crippen LogP contribution < -0.4 is 4.74 Å². The van der Waals surface area contributed by atoms with Crippen molar-refractivity contribution in [2.24, 2.45) is 5.92 Å². The molecule has 1 aliphatic rings. The van der Waals surface area contributed by atoms with Gasteiger partial charge in [-0.15, -0.1) is 0 Å². The van der Waals surface area contributed by atoms with Crippen molar-refractivity contribution in [3.8, 4) is 28.0 Å². The number of hydrogen-bond donors (Lipinski definition) is 0. The average molecular weight is 647 g/mol. The minimum atomic E-state index is -4.31. The molecule has 244 valence electrons. The van der Waals surface area contributed by atoms with Crippen LogP contribution in [0.2, 0.25) is 0 Å². The van der Waals surface area contributed by atoms with Gasteiger partial charge >= 0.3 is 6.11 Å². The Morgan fingerprint density at radius 2 is 1.30 bits per heavy atom. The highest BCUT2D eigenvalue weighted by atomic mass is 19.3. The molecule has 0 saturated heterocycles. The van der Waals surface area contributed by atoms with Gasteiger partial charge in [-0.25, -0.2) is 26.3 Å². The van der Waals surface area contributed by atoms with Crippen LogP contribution in [0.1, 0.15) is 87.3 Å². The van der Waals surface area contributed by atoms with E-state index in [0.29, 0.717) is 22.6 Å². The fourth-order valence-electron chi connectivity index (χ4n) is 6.29. The van der Waals surface area contributed by atoms with E-state index in [9.17, 15) is 17.6 Å². The summed E-state index contributed by atoms with van der Waals surface area (Å²) in [7, 11) is 0. The van der Waals surface area contributed by atoms with E-state index in [0.717, 1.165) is 81.0 Å². The molecule has 0 radical (unpaired) electrons. The van der Waals surface area contributed by atoms with E-state index in [4.69, 9.17) is 4.74 Å². The molecule has 1 fully saturated rings. The Hall–Kier alpha value is -3.88. The van der Waals surface area contributed by atoms with Crippen LogP contribution >= 0.6 is 0 Å². The summed E-state index contributed by atoms with van der Waals surface area (Å²) in [5.74, 6) is -4.54. The maximum Gasteiger partial charge on any atom is 0.432 e. The summed E-state index contributed by atoms with van der Waals surface area (Å²) < 4.78 is 120. The van der Waals surface area contributed by atoms with E-state index in [1.165, 1.54) is 43.2 Å². The number of ether oxygens (including phenoxy) is 1. The molecule has 0 spiro atoms. The molecule has 0 N–H and O–H groups in total. The molecule has 0 amide bonds. The Labute approximate surface area is 263 Å². The van der Waals surface area contributed by atoms with E-state index in [-0.39, 0.29) is 22.8 Å². The molecule has 0 bridgehead atoms. The van der Waals surface area contributed by atoms with Gasteiger partial charge in [-0.05, 0) is 102 Å². The first kappa shape index (κ1) is 33.5. The summed E-state index contributed by atoms with van der Waals surface area (Å²) in [6.07, 6.45) is 0.727. The van der Waals surface area contributed by atoms with Crippen LogP contribution in [-0.2, 0) is 6.11 Å². The van der Waals surface area contributed by atoms with Crippen molar-refractivity contribution in [1.29, 1.82) is 0 Å². The van der Waals surface area contributed by atoms with Crippen LogP contribution in [0.5, 0.6) is 5.75 Å². The predicted molar refractivity (Wildman–Crippen MR) is 162 cm³/mol. The predicted octanol–water partition coefficient (Wildman–Crippen LogP) is 12.5. The molecule has 0 aromatic heterocycles. The van der Waals surface area contributed by atoms with Crippen LogP contribution in [0.15, 0.2) is 72.8 Å². The molecule has 5 rings (SSSR count). The number of rotatable bonds is 11. The fourth-order valence-corrected chi connectivity index (χ4v) is 6.29. The second-order valence-corrected chi connectivity index (χ2v) is 11.9. The van der Waals surface area contributed by atoms with E-state index in [1.807, 2.05) is 0 Å². The van der Waals surface area contributed by atoms with Crippen molar-refractivity contribution in [2.75, 3.05) is 0 Å². The van der Waals surface area contributed by atoms with Crippen LogP contribution in [-0.4, -0.2) is 0 Å². The largest absolute Gasteiger partial charge is 0.432 e. The molecule has 1 saturated carbocycles. The van der Waals surface area contributed by atoms with Gasteiger partial charge in [0.15, 0.2) is 0 Å². The van der Waals surface area contributed by atoms with Crippen LogP contribution in [0.3, 0.4) is 0 Å². The number of alkyl halides is 4. The molecule has 0 atom stereocenters. The zero-order chi connectivity index (χ0) is 33.0. The number of hydrogen-bond acceptors (Lipinski definition) is 1. The molecule has 1 aliphatic carbocycles. The maximum atomic E-state index is 15.1. The second kappa shape index (κ2) is 14.3. The molecule has 4 aromatic carbocycles. The van der Waals surface area contributed by atoms with Gasteiger partial charge in [0.2, 0.25) is 0 Å². The Kier molecular flexibility index (Phi) is 10.4. The quantitative estimate of drug-likeness (QED) is 0.116. The zero-order valence-corrected chi connectivity index (χ0v) is 25.2. The van der Waals surface area contributed by atoms with Gasteiger partial charge in [0, 0.05) is 5.56 Å². The van der Waals surface area contributed by atoms with Crippen molar-refractivity contribution in [3.05, 3.63) is 113 Å². The molecular weight excluding hydrogens is 612 g/mol. The summed E-state index contributed by atoms with van der Waals surface area (Å²) in [4.78, 5) is 0. The minimum Gasteiger partial charge on any atom is -0.429 e. The van der Waals surface area contributed by atoms with Crippen LogP contribution in [0.25, 0.3) is 22.3 Å². The second-order valence-electron chi connectivity index (χ2n) is 11.9. The molecule has 0 aliphatic heterocycles. The summed E-state index contributed by atoms with van der Waals surface area (Å²) in [6, 6.07) is 13.9. The number of benzene rings is 4. The topological polar surface area (TPSA) is 9.23 Å². The first-order chi connectivity index (χ1) is 22.0. The first-order valence-corrected chi connectivity index (χ1v) is 15.5. The SMILES string of the molecule is CCCCCC1CCC(c2cc(F)c(C(F)(F)Oc3ccc(-c4ccc(-c5ccc(C(F)F)c(F)c5)c(F)c4)cc3)c(F)c2)CC1. The Bertz CT molecular complexity index is 1620. The number of halogens is 8. The molecule has 0 heterocycles. The van der Waals surface area contributed by atoms with Gasteiger partial charge in [-0.1, -0.05) is 62.9 Å². The number of unbranched alkanes of at least 4 members (excludes halogenated alkanes) is 2. The Morgan fingerprint density at radius 3 is 1.89 bits per heavy atom. The third-order valence-electron chi connectivity index (χ3n) is 8.84. The van der Waals surface area contributed by atoms with Crippen LogP contribution in [0.4, 0.5) is 35.1 Å². The lowest BCUT2D eigenvalue weighted by Gasteiger charge is -2.29. The lowest BCUT2D eigenvalue weighted by atomic mass is 9.77. The van der Waals surface area contributed by atoms with Crippen molar-refractivity contribution in [3.63, 3.8) is 0 Å². The highest BCUT2D eigenvalue weighted by Gasteiger charge is 2.41. The van der Waals surface area contributed by atoms with Gasteiger partial charge in [0.05, 0.1) is 5.56 Å². The van der Waals surface area contributed by atoms with Crippen molar-refractivity contribution in [2.45, 2.75) is 76.7 Å². The fraction of sp³-hybridized carbons (Fsp3) is 0.351. The molecule has 4 aromatic rings. The molecule has 46 heavy (non-hydrogen) atoms. The van der Waals surface area contributed by atoms with Gasteiger partial charge in [-0.2, -0.15) is 8.78 Å². The lowest BCUT2D eigenvalue weighted by molar-refractivity contribution is -0.189. The summed E-state index contributed by atoms with van der Waals surface area (Å²) in [5.41, 5.74) is -1.10. The van der Waals surface area contributed by atoms with Crippen molar-refractivity contribution < 1.29 is 39.9 Å². The van der Waals surface area contributed by atoms with Gasteiger partial charge in [0.25, 0.3) is 6.43 Å². The van der Waals surface area contributed by atoms with Crippen LogP contribution in [0, 0.1) is 29.2 Å². The zero-order valence-electron chi connectivity index (χ0n) is 25.2. The van der Waals surface area contributed by atoms with Gasteiger partial charge in [0.1, 0.15) is 34.6 Å². The molecule has 9 heteroatoms. The lowest BCUT2D eigenvalue weighted by Crippen LogP contribution is -2.25. The summed E-state index contributed by atoms with van der Waals surface area (Å²) in [6.45, 7) is 2.15. The summed E-state index contributed by atoms with van der Waals surface area (Å²) in [5, 5.41) is 0. The monoisotopic (exact) mass is 646 g/mol. The molecule has 0 unspecified atom stereocenters. The van der Waals surface area contributed by atoms with Crippen molar-refractivity contribution in [1.82, 2.24) is 0 Å². The van der Waals surface area contributed by atoms with Gasteiger partial charge in [-0.3, -0.25) is 0 Å². The average Bonchev–Trinajstić information content (AvgIpc) is 3.01. The van der Waals surface area contributed by atoms with E-state index >= 15 is 17.6 Å². The third-order valence-corrected chi connectivity index (χ3v) is 8.84. The van der Waals surface area contributed by atoms with Crippen molar-refractivity contribution >= 4 is 0 Å².